The zero-order chi connectivity index (χ0) is 27.9. The van der Waals surface area contributed by atoms with E-state index in [-0.39, 0.29) is 29.6 Å². The number of aromatic nitrogens is 2. The zero-order valence-electron chi connectivity index (χ0n) is 20.3. The number of rotatable bonds is 8. The molecule has 1 aromatic carbocycles. The molecule has 5 atom stereocenters. The maximum Gasteiger partial charge on any atom is 0.333 e. The van der Waals surface area contributed by atoms with Crippen LogP contribution in [-0.2, 0) is 20.9 Å². The molecule has 2 aliphatic rings. The van der Waals surface area contributed by atoms with Gasteiger partial charge in [0.1, 0.15) is 18.2 Å². The molecule has 0 bridgehead atoms. The fourth-order valence-electron chi connectivity index (χ4n) is 5.03. The lowest BCUT2D eigenvalue weighted by Crippen LogP contribution is -2.36. The van der Waals surface area contributed by atoms with E-state index in [2.05, 4.69) is 52.8 Å². The number of nitrogens with one attached hydrogen (secondary N) is 2. The van der Waals surface area contributed by atoms with Gasteiger partial charge in [-0.1, -0.05) is 33.6 Å². The summed E-state index contributed by atoms with van der Waals surface area (Å²) in [6.07, 6.45) is 1.13. The molecule has 5 rings (SSSR count). The molecule has 0 radical (unpaired) electrons. The minimum atomic E-state index is -4.20. The van der Waals surface area contributed by atoms with Crippen LogP contribution in [0.1, 0.15) is 44.4 Å². The van der Waals surface area contributed by atoms with E-state index in [1.54, 1.807) is 6.07 Å². The number of carbonyl (C=O) groups is 1. The average Bonchev–Trinajstić information content (AvgIpc) is 3.41. The SMILES string of the molecule is NS(=O)(=O)OC[C@H]1C[C@@H](Nc2ncncc2C(=O)c2cc([C@H]3NCCc4ccc(Br)cc43)c(Cl)s2)[C@H](O)[C@@H]1O. The smallest absolute Gasteiger partial charge is 0.333 e. The molecule has 2 aromatic heterocycles. The molecular weight excluding hydrogens is 634 g/mol. The summed E-state index contributed by atoms with van der Waals surface area (Å²) < 4.78 is 28.3. The van der Waals surface area contributed by atoms with E-state index in [1.807, 2.05) is 6.07 Å². The highest BCUT2D eigenvalue weighted by Gasteiger charge is 2.42. The molecule has 0 spiro atoms. The first kappa shape index (κ1) is 28.5. The van der Waals surface area contributed by atoms with E-state index in [4.69, 9.17) is 16.7 Å². The van der Waals surface area contributed by atoms with Crippen LogP contribution in [-0.4, -0.2) is 65.8 Å². The number of carbonyl (C=O) groups excluding carboxylic acids is 1. The van der Waals surface area contributed by atoms with Crippen molar-refractivity contribution in [1.82, 2.24) is 15.3 Å². The minimum absolute atomic E-state index is 0.146. The number of hydrogen-bond acceptors (Lipinski definition) is 11. The summed E-state index contributed by atoms with van der Waals surface area (Å²) in [5.41, 5.74) is 3.26. The maximum absolute atomic E-state index is 13.6. The molecule has 0 unspecified atom stereocenters. The molecular formula is C24H25BrClN5O6S2. The Hall–Kier alpha value is -2.01. The lowest BCUT2D eigenvalue weighted by Gasteiger charge is -2.27. The van der Waals surface area contributed by atoms with Crippen molar-refractivity contribution in [2.24, 2.45) is 11.1 Å². The number of ketones is 1. The molecule has 0 amide bonds. The van der Waals surface area contributed by atoms with Crippen LogP contribution in [0.2, 0.25) is 4.34 Å². The summed E-state index contributed by atoms with van der Waals surface area (Å²) in [4.78, 5) is 22.2. The lowest BCUT2D eigenvalue weighted by molar-refractivity contribution is 0.00778. The second-order valence-electron chi connectivity index (χ2n) is 9.44. The number of nitrogens with zero attached hydrogens (tertiary/aromatic N) is 2. The summed E-state index contributed by atoms with van der Waals surface area (Å²) in [6, 6.07) is 7.00. The Bertz CT molecular complexity index is 1510. The molecule has 11 nitrogen and oxygen atoms in total. The minimum Gasteiger partial charge on any atom is -0.390 e. The Kier molecular flexibility index (Phi) is 8.38. The standard InChI is InChI=1S/C24H25BrClN5O6S2/c25-13-2-1-11-3-4-29-19(14(11)6-13)15-7-18(38-23(15)26)21(33)16-8-28-10-30-24(16)31-17-5-12(20(32)22(17)34)9-37-39(27,35)36/h1-2,6-8,10,12,17,19-20,22,29,32,34H,3-5,9H2,(H2,27,35,36)(H,28,30,31)/t12-,17-,19+,20-,22+/m1/s1. The molecule has 3 aromatic rings. The van der Waals surface area contributed by atoms with Crippen LogP contribution in [0, 0.1) is 5.92 Å². The highest BCUT2D eigenvalue weighted by Crippen LogP contribution is 2.39. The van der Waals surface area contributed by atoms with E-state index in [0.717, 1.165) is 39.9 Å². The number of halogens is 2. The van der Waals surface area contributed by atoms with Crippen LogP contribution in [0.15, 0.2) is 41.3 Å². The third-order valence-corrected chi connectivity index (χ3v) is 9.28. The molecule has 1 fully saturated rings. The van der Waals surface area contributed by atoms with Gasteiger partial charge in [0.05, 0.1) is 39.6 Å². The van der Waals surface area contributed by atoms with Crippen molar-refractivity contribution in [3.63, 3.8) is 0 Å². The van der Waals surface area contributed by atoms with E-state index in [0.29, 0.717) is 9.21 Å². The number of thiophene rings is 1. The van der Waals surface area contributed by atoms with Crippen LogP contribution in [0.5, 0.6) is 0 Å². The average molecular weight is 659 g/mol. The van der Waals surface area contributed by atoms with Gasteiger partial charge in [0.2, 0.25) is 5.78 Å². The van der Waals surface area contributed by atoms with Crippen molar-refractivity contribution in [2.45, 2.75) is 37.1 Å². The largest absolute Gasteiger partial charge is 0.390 e. The van der Waals surface area contributed by atoms with Crippen LogP contribution in [0.25, 0.3) is 0 Å². The highest BCUT2D eigenvalue weighted by atomic mass is 79.9. The number of benzene rings is 1. The summed E-state index contributed by atoms with van der Waals surface area (Å²) in [5.74, 6) is -0.902. The Morgan fingerprint density at radius 2 is 2.08 bits per heavy atom. The summed E-state index contributed by atoms with van der Waals surface area (Å²) in [6.45, 7) is 0.379. The van der Waals surface area contributed by atoms with Gasteiger partial charge in [-0.2, -0.15) is 8.42 Å². The van der Waals surface area contributed by atoms with Gasteiger partial charge in [-0.25, -0.2) is 15.1 Å². The fourth-order valence-corrected chi connectivity index (χ4v) is 7.06. The Morgan fingerprint density at radius 3 is 2.85 bits per heavy atom. The van der Waals surface area contributed by atoms with E-state index >= 15 is 0 Å². The van der Waals surface area contributed by atoms with Crippen molar-refractivity contribution < 1.29 is 27.6 Å². The summed E-state index contributed by atoms with van der Waals surface area (Å²) >= 11 is 11.3. The molecule has 39 heavy (non-hydrogen) atoms. The molecule has 1 aliphatic carbocycles. The van der Waals surface area contributed by atoms with Crippen LogP contribution in [0.3, 0.4) is 0 Å². The second-order valence-corrected chi connectivity index (χ2v) is 13.2. The van der Waals surface area contributed by atoms with Gasteiger partial charge < -0.3 is 20.8 Å². The molecule has 15 heteroatoms. The van der Waals surface area contributed by atoms with Crippen molar-refractivity contribution >= 4 is 60.8 Å². The number of aliphatic hydroxyl groups is 2. The van der Waals surface area contributed by atoms with Gasteiger partial charge in [-0.15, -0.1) is 11.3 Å². The molecule has 3 heterocycles. The first-order valence-electron chi connectivity index (χ1n) is 12.0. The quantitative estimate of drug-likeness (QED) is 0.226. The van der Waals surface area contributed by atoms with Gasteiger partial charge in [0, 0.05) is 28.7 Å². The highest BCUT2D eigenvalue weighted by molar-refractivity contribution is 9.10. The molecule has 0 saturated heterocycles. The van der Waals surface area contributed by atoms with Crippen molar-refractivity contribution in [3.05, 3.63) is 72.7 Å². The normalized spacial score (nSPS) is 24.9. The Morgan fingerprint density at radius 1 is 1.28 bits per heavy atom. The third kappa shape index (κ3) is 6.19. The number of aliphatic hydroxyl groups excluding tert-OH is 2. The lowest BCUT2D eigenvalue weighted by atomic mass is 9.91. The van der Waals surface area contributed by atoms with Gasteiger partial charge in [-0.05, 0) is 42.2 Å². The molecule has 208 valence electrons. The molecule has 6 N–H and O–H groups in total. The topological polar surface area (TPSA) is 177 Å². The van der Waals surface area contributed by atoms with Gasteiger partial charge in [0.25, 0.3) is 0 Å². The Labute approximate surface area is 242 Å². The molecule has 1 saturated carbocycles. The fraction of sp³-hybridized carbons (Fsp3) is 0.375. The van der Waals surface area contributed by atoms with Crippen molar-refractivity contribution in [1.29, 1.82) is 0 Å². The first-order valence-corrected chi connectivity index (χ1v) is 15.4. The number of anilines is 1. The van der Waals surface area contributed by atoms with Gasteiger partial charge >= 0.3 is 10.3 Å². The number of fused-ring (bicyclic) bond motifs is 1. The summed E-state index contributed by atoms with van der Waals surface area (Å²) in [7, 11) is -4.20. The number of nitrogens with two attached hydrogens (primary N) is 1. The third-order valence-electron chi connectivity index (χ3n) is 6.94. The first-order chi connectivity index (χ1) is 18.5. The van der Waals surface area contributed by atoms with Gasteiger partial charge in [0.15, 0.2) is 0 Å². The maximum atomic E-state index is 13.6. The van der Waals surface area contributed by atoms with Crippen molar-refractivity contribution in [3.8, 4) is 0 Å². The van der Waals surface area contributed by atoms with Crippen LogP contribution in [0.4, 0.5) is 5.82 Å². The van der Waals surface area contributed by atoms with E-state index in [1.165, 1.54) is 18.1 Å². The van der Waals surface area contributed by atoms with Gasteiger partial charge in [-0.3, -0.25) is 8.98 Å². The van der Waals surface area contributed by atoms with Crippen molar-refractivity contribution in [2.75, 3.05) is 18.5 Å². The summed E-state index contributed by atoms with van der Waals surface area (Å²) in [5, 5.41) is 32.3. The predicted molar refractivity (Wildman–Crippen MR) is 149 cm³/mol. The monoisotopic (exact) mass is 657 g/mol. The van der Waals surface area contributed by atoms with Crippen LogP contribution >= 0.6 is 38.9 Å². The molecule has 1 aliphatic heterocycles. The van der Waals surface area contributed by atoms with E-state index in [9.17, 15) is 23.4 Å². The second kappa shape index (κ2) is 11.5. The van der Waals surface area contributed by atoms with E-state index < -0.39 is 41.1 Å². The number of hydrogen-bond donors (Lipinski definition) is 5. The Balaban J connectivity index is 1.37. The van der Waals surface area contributed by atoms with Crippen LogP contribution < -0.4 is 15.8 Å². The zero-order valence-corrected chi connectivity index (χ0v) is 24.2. The predicted octanol–water partition coefficient (Wildman–Crippen LogP) is 2.16.